The number of pyridine rings is 1. The van der Waals surface area contributed by atoms with Gasteiger partial charge in [-0.3, -0.25) is 0 Å². The summed E-state index contributed by atoms with van der Waals surface area (Å²) in [4.78, 5) is 3.64. The largest absolute Gasteiger partial charge is 0.394 e. The second-order valence-corrected chi connectivity index (χ2v) is 7.17. The smallest absolute Gasteiger partial charge is 0.244 e. The quantitative estimate of drug-likeness (QED) is 0.768. The van der Waals surface area contributed by atoms with Crippen molar-refractivity contribution in [3.8, 4) is 0 Å². The van der Waals surface area contributed by atoms with Gasteiger partial charge in [0.25, 0.3) is 0 Å². The number of aliphatic hydroxyl groups is 1. The second-order valence-electron chi connectivity index (χ2n) is 4.21. The molecule has 1 aromatic carbocycles. The Kier molecular flexibility index (Phi) is 5.34. The van der Waals surface area contributed by atoms with Gasteiger partial charge in [0.05, 0.1) is 12.6 Å². The van der Waals surface area contributed by atoms with Gasteiger partial charge in [0.1, 0.15) is 10.0 Å². The number of hydrogen-bond acceptors (Lipinski definition) is 4. The minimum Gasteiger partial charge on any atom is -0.394 e. The van der Waals surface area contributed by atoms with Gasteiger partial charge in [-0.25, -0.2) is 18.1 Å². The number of rotatable bonds is 5. The maximum Gasteiger partial charge on any atom is 0.244 e. The van der Waals surface area contributed by atoms with Crippen LogP contribution in [-0.2, 0) is 10.0 Å². The first-order valence-electron chi connectivity index (χ1n) is 5.93. The number of hydrogen-bond donors (Lipinski definition) is 2. The Morgan fingerprint density at radius 1 is 1.33 bits per heavy atom. The molecule has 0 radical (unpaired) electrons. The zero-order valence-corrected chi connectivity index (χ0v) is 13.9. The van der Waals surface area contributed by atoms with Crippen molar-refractivity contribution in [2.45, 2.75) is 10.9 Å². The van der Waals surface area contributed by atoms with E-state index in [9.17, 15) is 13.5 Å². The Morgan fingerprint density at radius 3 is 2.62 bits per heavy atom. The van der Waals surface area contributed by atoms with Gasteiger partial charge in [-0.05, 0) is 27.6 Å². The highest BCUT2D eigenvalue weighted by Gasteiger charge is 2.24. The molecule has 1 atom stereocenters. The van der Waals surface area contributed by atoms with E-state index in [0.717, 1.165) is 0 Å². The number of benzene rings is 1. The minimum atomic E-state index is -3.91. The van der Waals surface area contributed by atoms with Crippen LogP contribution in [0.25, 0.3) is 0 Å². The summed E-state index contributed by atoms with van der Waals surface area (Å²) in [5.74, 6) is 0. The zero-order chi connectivity index (χ0) is 15.5. The lowest BCUT2D eigenvalue weighted by Crippen LogP contribution is -2.31. The topological polar surface area (TPSA) is 79.3 Å². The lowest BCUT2D eigenvalue weighted by atomic mass is 10.1. The summed E-state index contributed by atoms with van der Waals surface area (Å²) in [7, 11) is -3.91. The molecule has 0 saturated heterocycles. The van der Waals surface area contributed by atoms with Gasteiger partial charge in [-0.2, -0.15) is 0 Å². The summed E-state index contributed by atoms with van der Waals surface area (Å²) in [5.41, 5.74) is 0.655. The maximum atomic E-state index is 12.4. The molecule has 8 heteroatoms. The van der Waals surface area contributed by atoms with Crippen molar-refractivity contribution < 1.29 is 13.5 Å². The van der Waals surface area contributed by atoms with Gasteiger partial charge in [-0.1, -0.05) is 41.9 Å². The van der Waals surface area contributed by atoms with Crippen molar-refractivity contribution in [3.05, 3.63) is 57.8 Å². The number of aromatic nitrogens is 1. The SMILES string of the molecule is O=S(=O)(NC(CO)c1ccccc1)c1cc(Br)cnc1Cl. The number of aliphatic hydroxyl groups excluding tert-OH is 1. The molecule has 2 rings (SSSR count). The summed E-state index contributed by atoms with van der Waals surface area (Å²) >= 11 is 8.99. The van der Waals surface area contributed by atoms with Crippen molar-refractivity contribution in [1.82, 2.24) is 9.71 Å². The number of halogens is 2. The van der Waals surface area contributed by atoms with E-state index < -0.39 is 16.1 Å². The summed E-state index contributed by atoms with van der Waals surface area (Å²) in [6.45, 7) is -0.373. The minimum absolute atomic E-state index is 0.129. The third-order valence-electron chi connectivity index (χ3n) is 2.74. The molecule has 5 nitrogen and oxygen atoms in total. The summed E-state index contributed by atoms with van der Waals surface area (Å²) < 4.78 is 27.7. The van der Waals surface area contributed by atoms with Crippen LogP contribution in [0.15, 0.2) is 52.0 Å². The predicted octanol–water partition coefficient (Wildman–Crippen LogP) is 2.51. The first-order chi connectivity index (χ1) is 9.94. The molecular weight excluding hydrogens is 380 g/mol. The molecule has 0 amide bonds. The van der Waals surface area contributed by atoms with Gasteiger partial charge in [-0.15, -0.1) is 0 Å². The highest BCUT2D eigenvalue weighted by molar-refractivity contribution is 9.10. The van der Waals surface area contributed by atoms with Crippen molar-refractivity contribution in [2.75, 3.05) is 6.61 Å². The van der Waals surface area contributed by atoms with E-state index in [0.29, 0.717) is 10.0 Å². The van der Waals surface area contributed by atoms with E-state index in [1.807, 2.05) is 6.07 Å². The lowest BCUT2D eigenvalue weighted by molar-refractivity contribution is 0.259. The molecule has 1 aromatic heterocycles. The fraction of sp³-hybridized carbons (Fsp3) is 0.154. The van der Waals surface area contributed by atoms with E-state index in [1.54, 1.807) is 24.3 Å². The predicted molar refractivity (Wildman–Crippen MR) is 83.5 cm³/mol. The summed E-state index contributed by atoms with van der Waals surface area (Å²) in [6.07, 6.45) is 1.40. The molecule has 0 saturated carbocycles. The van der Waals surface area contributed by atoms with Crippen LogP contribution in [0.3, 0.4) is 0 Å². The van der Waals surface area contributed by atoms with E-state index >= 15 is 0 Å². The van der Waals surface area contributed by atoms with Gasteiger partial charge in [0.2, 0.25) is 10.0 Å². The number of sulfonamides is 1. The van der Waals surface area contributed by atoms with Gasteiger partial charge in [0.15, 0.2) is 0 Å². The Balaban J connectivity index is 2.34. The summed E-state index contributed by atoms with van der Waals surface area (Å²) in [6, 6.07) is 9.39. The average molecular weight is 392 g/mol. The zero-order valence-electron chi connectivity index (χ0n) is 10.7. The third kappa shape index (κ3) is 4.02. The van der Waals surface area contributed by atoms with Gasteiger partial charge < -0.3 is 5.11 Å². The Labute approximate surface area is 136 Å². The van der Waals surface area contributed by atoms with Gasteiger partial charge >= 0.3 is 0 Å². The van der Waals surface area contributed by atoms with Crippen LogP contribution in [0.2, 0.25) is 5.15 Å². The molecule has 0 aliphatic carbocycles. The number of nitrogens with one attached hydrogen (secondary N) is 1. The molecule has 2 N–H and O–H groups in total. The van der Waals surface area contributed by atoms with Crippen molar-refractivity contribution in [2.24, 2.45) is 0 Å². The normalized spacial score (nSPS) is 13.1. The second kappa shape index (κ2) is 6.85. The Morgan fingerprint density at radius 2 is 2.00 bits per heavy atom. The fourth-order valence-electron chi connectivity index (χ4n) is 1.74. The third-order valence-corrected chi connectivity index (χ3v) is 5.08. The standard InChI is InChI=1S/C13H12BrClN2O3S/c14-10-6-12(13(15)16-7-10)21(19,20)17-11(8-18)9-4-2-1-3-5-9/h1-7,11,17-18H,8H2. The first-order valence-corrected chi connectivity index (χ1v) is 8.58. The Hall–Kier alpha value is -0.990. The maximum absolute atomic E-state index is 12.4. The monoisotopic (exact) mass is 390 g/mol. The van der Waals surface area contributed by atoms with Crippen LogP contribution in [0.4, 0.5) is 0 Å². The summed E-state index contributed by atoms with van der Waals surface area (Å²) in [5, 5.41) is 9.30. The molecule has 21 heavy (non-hydrogen) atoms. The van der Waals surface area contributed by atoms with Gasteiger partial charge in [0, 0.05) is 10.7 Å². The van der Waals surface area contributed by atoms with Crippen molar-refractivity contribution in [3.63, 3.8) is 0 Å². The van der Waals surface area contributed by atoms with Crippen LogP contribution >= 0.6 is 27.5 Å². The average Bonchev–Trinajstić information content (AvgIpc) is 2.48. The first kappa shape index (κ1) is 16.4. The molecule has 0 fully saturated rings. The van der Waals surface area contributed by atoms with E-state index in [2.05, 4.69) is 25.6 Å². The fourth-order valence-corrected chi connectivity index (χ4v) is 3.90. The molecule has 0 spiro atoms. The molecule has 1 unspecified atom stereocenters. The van der Waals surface area contributed by atoms with Crippen molar-refractivity contribution in [1.29, 1.82) is 0 Å². The van der Waals surface area contributed by atoms with Crippen LogP contribution in [0.1, 0.15) is 11.6 Å². The van der Waals surface area contributed by atoms with E-state index in [1.165, 1.54) is 12.3 Å². The highest BCUT2D eigenvalue weighted by atomic mass is 79.9. The molecule has 1 heterocycles. The Bertz CT molecular complexity index is 725. The lowest BCUT2D eigenvalue weighted by Gasteiger charge is -2.17. The highest BCUT2D eigenvalue weighted by Crippen LogP contribution is 2.24. The van der Waals surface area contributed by atoms with Crippen LogP contribution < -0.4 is 4.72 Å². The molecule has 0 aliphatic heterocycles. The van der Waals surface area contributed by atoms with E-state index in [4.69, 9.17) is 11.6 Å². The van der Waals surface area contributed by atoms with Crippen LogP contribution in [-0.4, -0.2) is 25.1 Å². The molecule has 0 bridgehead atoms. The van der Waals surface area contributed by atoms with Crippen molar-refractivity contribution >= 4 is 37.6 Å². The van der Waals surface area contributed by atoms with Crippen LogP contribution in [0, 0.1) is 0 Å². The molecular formula is C13H12BrClN2O3S. The number of nitrogens with zero attached hydrogens (tertiary/aromatic N) is 1. The molecule has 112 valence electrons. The van der Waals surface area contributed by atoms with Crippen LogP contribution in [0.5, 0.6) is 0 Å². The van der Waals surface area contributed by atoms with E-state index in [-0.39, 0.29) is 16.7 Å². The molecule has 0 aliphatic rings. The molecule has 2 aromatic rings.